The summed E-state index contributed by atoms with van der Waals surface area (Å²) in [4.78, 5) is 0. The standard InChI is InChI=1S/C18H21BF3N3O/c1-3-24-17-8-6-5-7-14(17)13-18(24)25(19(20,21)22)23-15-9-11-16(12-10-15)26-4-2/h3,9-13H,1,4-8H2,2H3. The van der Waals surface area contributed by atoms with Crippen molar-refractivity contribution in [1.82, 2.24) is 4.57 Å². The number of azo groups is 1. The smallest absolute Gasteiger partial charge is 0.494 e. The predicted octanol–water partition coefficient (Wildman–Crippen LogP) is 5.64. The lowest BCUT2D eigenvalue weighted by Crippen LogP contribution is -2.31. The first-order chi connectivity index (χ1) is 12.4. The fraction of sp³-hybridized carbons (Fsp3) is 0.333. The van der Waals surface area contributed by atoms with Crippen molar-refractivity contribution in [2.75, 3.05) is 6.61 Å². The van der Waals surface area contributed by atoms with Crippen molar-refractivity contribution < 1.29 is 22.3 Å². The highest BCUT2D eigenvalue weighted by Gasteiger charge is 2.42. The second-order valence-electron chi connectivity index (χ2n) is 6.15. The first kappa shape index (κ1) is 18.3. The van der Waals surface area contributed by atoms with Gasteiger partial charge in [0.15, 0.2) is 0 Å². The summed E-state index contributed by atoms with van der Waals surface area (Å²) in [6, 6.07) is 7.84. The molecule has 1 aliphatic rings. The van der Waals surface area contributed by atoms with Crippen molar-refractivity contribution in [2.45, 2.75) is 32.6 Å². The van der Waals surface area contributed by atoms with Gasteiger partial charge in [-0.15, -0.1) is 5.11 Å². The molecule has 26 heavy (non-hydrogen) atoms. The van der Waals surface area contributed by atoms with Gasteiger partial charge >= 0.3 is 7.11 Å². The molecule has 138 valence electrons. The lowest BCUT2D eigenvalue weighted by Gasteiger charge is -2.15. The third kappa shape index (κ3) is 3.69. The zero-order chi connectivity index (χ0) is 18.7. The molecule has 3 rings (SSSR count). The zero-order valence-corrected chi connectivity index (χ0v) is 14.7. The van der Waals surface area contributed by atoms with Crippen LogP contribution in [0.5, 0.6) is 5.75 Å². The number of hydrogen-bond donors (Lipinski definition) is 0. The Kier molecular flexibility index (Phi) is 5.20. The van der Waals surface area contributed by atoms with Gasteiger partial charge in [0.05, 0.1) is 12.8 Å². The molecule has 1 aromatic heterocycles. The summed E-state index contributed by atoms with van der Waals surface area (Å²) < 4.78 is 48.4. The molecule has 0 unspecified atom stereocenters. The van der Waals surface area contributed by atoms with E-state index in [4.69, 9.17) is 4.74 Å². The van der Waals surface area contributed by atoms with Crippen LogP contribution in [0.3, 0.4) is 0 Å². The minimum atomic E-state index is -5.36. The molecule has 0 saturated carbocycles. The molecule has 0 fully saturated rings. The van der Waals surface area contributed by atoms with Crippen LogP contribution in [-0.4, -0.2) is 22.9 Å². The van der Waals surface area contributed by atoms with Crippen molar-refractivity contribution in [2.24, 2.45) is 5.11 Å². The van der Waals surface area contributed by atoms with Gasteiger partial charge in [-0.25, -0.2) is 9.18 Å². The van der Waals surface area contributed by atoms with E-state index in [9.17, 15) is 12.9 Å². The van der Waals surface area contributed by atoms with E-state index in [-0.39, 0.29) is 16.1 Å². The van der Waals surface area contributed by atoms with Crippen LogP contribution in [-0.2, 0) is 12.8 Å². The number of aromatic nitrogens is 1. The highest BCUT2D eigenvalue weighted by atomic mass is 19.4. The van der Waals surface area contributed by atoms with Gasteiger partial charge in [-0.1, -0.05) is 6.58 Å². The Balaban J connectivity index is 2.07. The van der Waals surface area contributed by atoms with Gasteiger partial charge < -0.3 is 17.7 Å². The summed E-state index contributed by atoms with van der Waals surface area (Å²) in [5.74, 6) is 0.591. The highest BCUT2D eigenvalue weighted by Crippen LogP contribution is 2.34. The second-order valence-corrected chi connectivity index (χ2v) is 6.15. The summed E-state index contributed by atoms with van der Waals surface area (Å²) in [5.41, 5.74) is 2.05. The van der Waals surface area contributed by atoms with Gasteiger partial charge in [-0.2, -0.15) is 0 Å². The van der Waals surface area contributed by atoms with Crippen molar-refractivity contribution in [3.63, 3.8) is 0 Å². The number of fused-ring (bicyclic) bond motifs is 1. The molecule has 8 heteroatoms. The molecule has 0 radical (unpaired) electrons. The van der Waals surface area contributed by atoms with Crippen LogP contribution in [0.1, 0.15) is 31.0 Å². The fourth-order valence-corrected chi connectivity index (χ4v) is 3.25. The van der Waals surface area contributed by atoms with Crippen LogP contribution in [0, 0.1) is 0 Å². The molecule has 1 heterocycles. The summed E-state index contributed by atoms with van der Waals surface area (Å²) >= 11 is 0. The van der Waals surface area contributed by atoms with E-state index in [0.29, 0.717) is 12.4 Å². The fourth-order valence-electron chi connectivity index (χ4n) is 3.25. The molecule has 0 N–H and O–H groups in total. The van der Waals surface area contributed by atoms with E-state index in [1.807, 2.05) is 6.92 Å². The average Bonchev–Trinajstić information content (AvgIpc) is 2.98. The van der Waals surface area contributed by atoms with Crippen molar-refractivity contribution in [3.05, 3.63) is 48.2 Å². The van der Waals surface area contributed by atoms with Gasteiger partial charge in [0, 0.05) is 18.1 Å². The minimum Gasteiger partial charge on any atom is -0.494 e. The number of benzene rings is 1. The number of ether oxygens (including phenoxy) is 1. The molecule has 1 aliphatic carbocycles. The third-order valence-electron chi connectivity index (χ3n) is 4.39. The molecular formula is C18H21BF3N3O. The van der Waals surface area contributed by atoms with Crippen molar-refractivity contribution in [1.29, 1.82) is 0 Å². The number of halogens is 3. The quantitative estimate of drug-likeness (QED) is 0.483. The van der Waals surface area contributed by atoms with E-state index in [1.54, 1.807) is 18.2 Å². The lowest BCUT2D eigenvalue weighted by molar-refractivity contribution is -0.418. The van der Waals surface area contributed by atoms with E-state index in [1.165, 1.54) is 22.9 Å². The van der Waals surface area contributed by atoms with Crippen LogP contribution >= 0.6 is 0 Å². The summed E-state index contributed by atoms with van der Waals surface area (Å²) in [7, 11) is -5.36. The number of nitrogens with zero attached hydrogens (tertiary/aromatic N) is 3. The minimum absolute atomic E-state index is 0.00622. The van der Waals surface area contributed by atoms with Gasteiger partial charge in [-0.3, -0.25) is 0 Å². The normalized spacial score (nSPS) is 14.8. The van der Waals surface area contributed by atoms with Crippen molar-refractivity contribution >= 4 is 24.8 Å². The number of hydrogen-bond acceptors (Lipinski definition) is 2. The Morgan fingerprint density at radius 1 is 1.23 bits per heavy atom. The summed E-state index contributed by atoms with van der Waals surface area (Å²) in [5, 5.41) is 3.87. The van der Waals surface area contributed by atoms with E-state index < -0.39 is 7.11 Å². The van der Waals surface area contributed by atoms with Crippen LogP contribution in [0.2, 0.25) is 0 Å². The Morgan fingerprint density at radius 3 is 2.54 bits per heavy atom. The van der Waals surface area contributed by atoms with E-state index >= 15 is 0 Å². The molecular weight excluding hydrogens is 342 g/mol. The van der Waals surface area contributed by atoms with E-state index in [2.05, 4.69) is 11.7 Å². The van der Waals surface area contributed by atoms with Crippen LogP contribution < -0.4 is 4.74 Å². The highest BCUT2D eigenvalue weighted by molar-refractivity contribution is 6.49. The maximum Gasteiger partial charge on any atom is 0.730 e. The molecule has 0 aliphatic heterocycles. The van der Waals surface area contributed by atoms with Gasteiger partial charge in [0.2, 0.25) is 0 Å². The van der Waals surface area contributed by atoms with Gasteiger partial charge in [0.25, 0.3) is 5.82 Å². The topological polar surface area (TPSA) is 29.5 Å². The first-order valence-corrected chi connectivity index (χ1v) is 8.73. The molecule has 0 spiro atoms. The third-order valence-corrected chi connectivity index (χ3v) is 4.39. The Bertz CT molecular complexity index is 825. The van der Waals surface area contributed by atoms with Crippen molar-refractivity contribution in [3.8, 4) is 5.75 Å². The molecule has 0 saturated heterocycles. The Morgan fingerprint density at radius 2 is 1.92 bits per heavy atom. The first-order valence-electron chi connectivity index (χ1n) is 8.73. The van der Waals surface area contributed by atoms with Gasteiger partial charge in [-0.05, 0) is 50.5 Å². The number of rotatable bonds is 6. The second kappa shape index (κ2) is 7.39. The number of aryl methyl sites for hydroxylation is 1. The monoisotopic (exact) mass is 363 g/mol. The lowest BCUT2D eigenvalue weighted by atomic mass is 9.98. The largest absolute Gasteiger partial charge is 0.730 e. The van der Waals surface area contributed by atoms with Crippen LogP contribution in [0.4, 0.5) is 24.5 Å². The SMILES string of the molecule is C=Cn1c([N+](=Nc2ccc(OCC)cc2)[B-](F)(F)F)cc2c1CCCC2. The maximum atomic E-state index is 13.8. The predicted molar refractivity (Wildman–Crippen MR) is 96.2 cm³/mol. The summed E-state index contributed by atoms with van der Waals surface area (Å²) in [6.45, 7) is 6.03. The van der Waals surface area contributed by atoms with Crippen LogP contribution in [0.25, 0.3) is 6.20 Å². The average molecular weight is 363 g/mol. The maximum absolute atomic E-state index is 13.8. The molecule has 0 bridgehead atoms. The molecule has 2 aromatic rings. The summed E-state index contributed by atoms with van der Waals surface area (Å²) in [6.07, 6.45) is 4.92. The van der Waals surface area contributed by atoms with E-state index in [0.717, 1.165) is 36.9 Å². The molecule has 0 amide bonds. The molecule has 0 atom stereocenters. The van der Waals surface area contributed by atoms with Crippen LogP contribution in [0.15, 0.2) is 42.0 Å². The van der Waals surface area contributed by atoms with Gasteiger partial charge in [0.1, 0.15) is 17.1 Å². The molecule has 4 nitrogen and oxygen atoms in total. The Hall–Kier alpha value is -2.51. The Labute approximate surface area is 150 Å². The zero-order valence-electron chi connectivity index (χ0n) is 14.7. The molecule has 1 aromatic carbocycles.